The van der Waals surface area contributed by atoms with Crippen LogP contribution in [-0.2, 0) is 0 Å². The molecule has 3 nitrogen and oxygen atoms in total. The van der Waals surface area contributed by atoms with Crippen LogP contribution in [0.4, 0.5) is 17.1 Å². The van der Waals surface area contributed by atoms with E-state index in [1.165, 1.54) is 54.1 Å². The van der Waals surface area contributed by atoms with E-state index in [0.29, 0.717) is 0 Å². The molecule has 55 heavy (non-hydrogen) atoms. The lowest BCUT2D eigenvalue weighted by atomic mass is 9.98. The summed E-state index contributed by atoms with van der Waals surface area (Å²) in [6.07, 6.45) is 0. The summed E-state index contributed by atoms with van der Waals surface area (Å²) in [5.74, 6) is 1.71. The molecule has 1 aromatic heterocycles. The van der Waals surface area contributed by atoms with E-state index in [9.17, 15) is 0 Å². The van der Waals surface area contributed by atoms with Gasteiger partial charge in [0.05, 0.1) is 22.4 Å². The third-order valence-corrected chi connectivity index (χ3v) is 11.5. The van der Waals surface area contributed by atoms with Crippen LogP contribution in [-0.4, -0.2) is 4.57 Å². The fourth-order valence-corrected chi connectivity index (χ4v) is 8.87. The smallest absolute Gasteiger partial charge is 0.159 e. The van der Waals surface area contributed by atoms with Crippen molar-refractivity contribution < 1.29 is 4.74 Å². The molecule has 0 fully saturated rings. The van der Waals surface area contributed by atoms with E-state index >= 15 is 0 Å². The average molecular weight is 701 g/mol. The maximum atomic E-state index is 6.83. The topological polar surface area (TPSA) is 17.4 Å². The van der Waals surface area contributed by atoms with E-state index < -0.39 is 0 Å². The molecule has 0 atom stereocenters. The van der Waals surface area contributed by atoms with Gasteiger partial charge in [0.15, 0.2) is 11.5 Å². The molecule has 1 aliphatic rings. The van der Waals surface area contributed by atoms with Crippen LogP contribution in [0.3, 0.4) is 0 Å². The maximum absolute atomic E-state index is 6.83. The zero-order valence-electron chi connectivity index (χ0n) is 29.8. The predicted octanol–water partition coefficient (Wildman–Crippen LogP) is 14.6. The van der Waals surface area contributed by atoms with E-state index in [0.717, 1.165) is 56.1 Å². The second kappa shape index (κ2) is 11.6. The van der Waals surface area contributed by atoms with Crippen LogP contribution in [0.15, 0.2) is 194 Å². The highest BCUT2D eigenvalue weighted by molar-refractivity contribution is 6.22. The molecule has 0 saturated carbocycles. The molecule has 3 heteroatoms. The minimum atomic E-state index is 0.834. The highest BCUT2D eigenvalue weighted by Crippen LogP contribution is 2.54. The van der Waals surface area contributed by atoms with Crippen molar-refractivity contribution in [2.24, 2.45) is 0 Å². The third kappa shape index (κ3) is 4.57. The molecule has 0 spiro atoms. The van der Waals surface area contributed by atoms with Gasteiger partial charge in [-0.1, -0.05) is 133 Å². The van der Waals surface area contributed by atoms with Crippen molar-refractivity contribution in [1.29, 1.82) is 0 Å². The zero-order valence-corrected chi connectivity index (χ0v) is 29.8. The standard InChI is InChI=1S/C52H32N2O/c1-3-13-37-29-41(23-17-33(37)9-1)53-46-25-21-39(31-45(46)51-43-15-7-5-11-35(43)19-26-47(51)53)40-22-28-50-49(32-40)54(42-24-18-34-10-2-4-14-38(34)30-42)48-27-20-36-12-6-8-16-44(36)52(48)55-50/h1-32H. The average Bonchev–Trinajstić information content (AvgIpc) is 3.59. The van der Waals surface area contributed by atoms with E-state index in [1.807, 2.05) is 0 Å². The van der Waals surface area contributed by atoms with Crippen LogP contribution < -0.4 is 9.64 Å². The molecule has 10 aromatic carbocycles. The number of hydrogen-bond acceptors (Lipinski definition) is 2. The summed E-state index contributed by atoms with van der Waals surface area (Å²) in [5, 5.41) is 12.1. The van der Waals surface area contributed by atoms with Crippen molar-refractivity contribution in [3.05, 3.63) is 194 Å². The fourth-order valence-electron chi connectivity index (χ4n) is 8.87. The van der Waals surface area contributed by atoms with Crippen LogP contribution in [0.25, 0.3) is 81.7 Å². The molecule has 0 N–H and O–H groups in total. The Morgan fingerprint density at radius 1 is 0.345 bits per heavy atom. The number of benzene rings is 10. The summed E-state index contributed by atoms with van der Waals surface area (Å²) < 4.78 is 9.26. The van der Waals surface area contributed by atoms with E-state index in [2.05, 4.69) is 204 Å². The van der Waals surface area contributed by atoms with Gasteiger partial charge in [-0.2, -0.15) is 0 Å². The molecule has 0 amide bonds. The monoisotopic (exact) mass is 700 g/mol. The largest absolute Gasteiger partial charge is 0.452 e. The van der Waals surface area contributed by atoms with Crippen LogP contribution in [0.1, 0.15) is 0 Å². The van der Waals surface area contributed by atoms with Gasteiger partial charge in [-0.05, 0) is 109 Å². The molecule has 256 valence electrons. The normalized spacial score (nSPS) is 12.5. The molecule has 1 aliphatic heterocycles. The number of rotatable bonds is 3. The van der Waals surface area contributed by atoms with Crippen molar-refractivity contribution in [3.63, 3.8) is 0 Å². The quantitative estimate of drug-likeness (QED) is 0.183. The second-order valence-electron chi connectivity index (χ2n) is 14.6. The number of anilines is 3. The van der Waals surface area contributed by atoms with Crippen molar-refractivity contribution >= 4 is 82.0 Å². The lowest BCUT2D eigenvalue weighted by molar-refractivity contribution is 0.482. The Kier molecular flexibility index (Phi) is 6.34. The summed E-state index contributed by atoms with van der Waals surface area (Å²) in [4.78, 5) is 2.37. The Labute approximate surface area is 317 Å². The SMILES string of the molecule is c1ccc2cc(N3c4cc(-c5ccc6c(c5)c5c7ccccc7ccc5n6-c5ccc6ccccc6c5)ccc4Oc4c3ccc3ccccc43)ccc2c1. The highest BCUT2D eigenvalue weighted by atomic mass is 16.5. The van der Waals surface area contributed by atoms with Crippen LogP contribution in [0.2, 0.25) is 0 Å². The summed E-state index contributed by atoms with van der Waals surface area (Å²) in [5.41, 5.74) is 8.96. The molecular formula is C52H32N2O. The van der Waals surface area contributed by atoms with Crippen molar-refractivity contribution in [3.8, 4) is 28.3 Å². The van der Waals surface area contributed by atoms with Gasteiger partial charge >= 0.3 is 0 Å². The highest BCUT2D eigenvalue weighted by Gasteiger charge is 2.28. The molecule has 0 saturated heterocycles. The van der Waals surface area contributed by atoms with E-state index in [-0.39, 0.29) is 0 Å². The number of hydrogen-bond donors (Lipinski definition) is 0. The lowest BCUT2D eigenvalue weighted by Crippen LogP contribution is -2.16. The number of fused-ring (bicyclic) bond motifs is 11. The number of aromatic nitrogens is 1. The minimum absolute atomic E-state index is 0.834. The van der Waals surface area contributed by atoms with E-state index in [4.69, 9.17) is 4.74 Å². The van der Waals surface area contributed by atoms with Crippen LogP contribution in [0.5, 0.6) is 11.5 Å². The summed E-state index contributed by atoms with van der Waals surface area (Å²) in [6.45, 7) is 0. The molecule has 0 radical (unpaired) electrons. The van der Waals surface area contributed by atoms with Crippen molar-refractivity contribution in [1.82, 2.24) is 4.57 Å². The molecule has 11 aromatic rings. The first kappa shape index (κ1) is 30.1. The first-order valence-electron chi connectivity index (χ1n) is 18.8. The Bertz CT molecular complexity index is 3370. The van der Waals surface area contributed by atoms with Gasteiger partial charge in [0.2, 0.25) is 0 Å². The molecule has 0 bridgehead atoms. The fraction of sp³-hybridized carbons (Fsp3) is 0. The zero-order chi connectivity index (χ0) is 36.0. The second-order valence-corrected chi connectivity index (χ2v) is 14.6. The first-order valence-corrected chi connectivity index (χ1v) is 18.8. The van der Waals surface area contributed by atoms with Gasteiger partial charge in [-0.3, -0.25) is 0 Å². The molecule has 0 aliphatic carbocycles. The molecule has 2 heterocycles. The Morgan fingerprint density at radius 3 is 1.69 bits per heavy atom. The first-order chi connectivity index (χ1) is 27.2. The van der Waals surface area contributed by atoms with Gasteiger partial charge in [0.1, 0.15) is 0 Å². The number of nitrogens with zero attached hydrogens (tertiary/aromatic N) is 2. The summed E-state index contributed by atoms with van der Waals surface area (Å²) in [6, 6.07) is 70.4. The molecular weight excluding hydrogens is 669 g/mol. The van der Waals surface area contributed by atoms with Crippen LogP contribution >= 0.6 is 0 Å². The molecule has 12 rings (SSSR count). The van der Waals surface area contributed by atoms with Gasteiger partial charge in [0.25, 0.3) is 0 Å². The Hall–Kier alpha value is -7.36. The Morgan fingerprint density at radius 2 is 0.909 bits per heavy atom. The summed E-state index contributed by atoms with van der Waals surface area (Å²) >= 11 is 0. The Balaban J connectivity index is 1.08. The third-order valence-electron chi connectivity index (χ3n) is 11.5. The minimum Gasteiger partial charge on any atom is -0.452 e. The van der Waals surface area contributed by atoms with Crippen molar-refractivity contribution in [2.75, 3.05) is 4.90 Å². The summed E-state index contributed by atoms with van der Waals surface area (Å²) in [7, 11) is 0. The van der Waals surface area contributed by atoms with Gasteiger partial charge in [0, 0.05) is 27.5 Å². The van der Waals surface area contributed by atoms with Gasteiger partial charge in [-0.15, -0.1) is 0 Å². The van der Waals surface area contributed by atoms with Crippen molar-refractivity contribution in [2.45, 2.75) is 0 Å². The van der Waals surface area contributed by atoms with Gasteiger partial charge in [-0.25, -0.2) is 0 Å². The lowest BCUT2D eigenvalue weighted by Gasteiger charge is -2.34. The van der Waals surface area contributed by atoms with E-state index in [1.54, 1.807) is 0 Å². The van der Waals surface area contributed by atoms with Gasteiger partial charge < -0.3 is 14.2 Å². The number of ether oxygens (including phenoxy) is 1. The maximum Gasteiger partial charge on any atom is 0.159 e. The van der Waals surface area contributed by atoms with Crippen LogP contribution in [0, 0.1) is 0 Å². The predicted molar refractivity (Wildman–Crippen MR) is 231 cm³/mol. The molecule has 0 unspecified atom stereocenters.